The molecule has 5 heterocycles. The fourth-order valence-corrected chi connectivity index (χ4v) is 10.5. The average molecular weight is 850 g/mol. The van der Waals surface area contributed by atoms with Crippen LogP contribution in [0.4, 0.5) is 15.8 Å². The Bertz CT molecular complexity index is 2600. The molecule has 3 amide bonds. The van der Waals surface area contributed by atoms with Gasteiger partial charge in [-0.1, -0.05) is 42.5 Å². The van der Waals surface area contributed by atoms with Crippen molar-refractivity contribution in [2.45, 2.75) is 44.9 Å². The van der Waals surface area contributed by atoms with E-state index in [0.29, 0.717) is 31.1 Å². The number of benzene rings is 5. The molecule has 316 valence electrons. The van der Waals surface area contributed by atoms with Gasteiger partial charge in [0.2, 0.25) is 11.8 Å². The lowest BCUT2D eigenvalue weighted by Gasteiger charge is -2.40. The van der Waals surface area contributed by atoms with Crippen LogP contribution < -0.4 is 24.6 Å². The first-order valence-electron chi connectivity index (χ1n) is 21.6. The van der Waals surface area contributed by atoms with Crippen LogP contribution in [0.25, 0.3) is 20.5 Å². The second kappa shape index (κ2) is 17.3. The monoisotopic (exact) mass is 849 g/mol. The van der Waals surface area contributed by atoms with Gasteiger partial charge in [0.1, 0.15) is 30.0 Å². The molecular formula is C50H48FN5O5S. The van der Waals surface area contributed by atoms with Crippen LogP contribution in [-0.4, -0.2) is 79.4 Å². The van der Waals surface area contributed by atoms with Crippen molar-refractivity contribution in [3.05, 3.63) is 138 Å². The number of piperazine rings is 1. The zero-order valence-electron chi connectivity index (χ0n) is 34.4. The molecule has 0 radical (unpaired) electrons. The maximum atomic E-state index is 13.9. The second-order valence-corrected chi connectivity index (χ2v) is 17.8. The van der Waals surface area contributed by atoms with E-state index >= 15 is 0 Å². The number of rotatable bonds is 11. The normalized spacial score (nSPS) is 18.6. The number of carbonyl (C=O) groups is 3. The Kier molecular flexibility index (Phi) is 11.1. The number of halogens is 1. The van der Waals surface area contributed by atoms with E-state index in [0.717, 1.165) is 113 Å². The summed E-state index contributed by atoms with van der Waals surface area (Å²) in [4.78, 5) is 47.3. The van der Waals surface area contributed by atoms with Crippen molar-refractivity contribution in [3.8, 4) is 27.7 Å². The highest BCUT2D eigenvalue weighted by atomic mass is 32.1. The first-order valence-corrected chi connectivity index (χ1v) is 22.4. The van der Waals surface area contributed by atoms with Crippen LogP contribution in [0.3, 0.4) is 0 Å². The molecule has 1 N–H and O–H groups in total. The third-order valence-corrected chi connectivity index (χ3v) is 14.0. The van der Waals surface area contributed by atoms with E-state index in [9.17, 15) is 18.8 Å². The number of carbonyl (C=O) groups excluding carboxylic acids is 3. The molecule has 4 aliphatic heterocycles. The van der Waals surface area contributed by atoms with Crippen LogP contribution in [0.2, 0.25) is 0 Å². The largest absolute Gasteiger partial charge is 0.489 e. The molecule has 4 aliphatic rings. The lowest BCUT2D eigenvalue weighted by atomic mass is 9.95. The van der Waals surface area contributed by atoms with Gasteiger partial charge in [0.15, 0.2) is 5.75 Å². The molecular weight excluding hydrogens is 802 g/mol. The van der Waals surface area contributed by atoms with Gasteiger partial charge >= 0.3 is 0 Å². The minimum atomic E-state index is -0.600. The van der Waals surface area contributed by atoms with Crippen LogP contribution in [0.15, 0.2) is 115 Å². The number of amides is 3. The Hall–Kier alpha value is -6.24. The smallest absolute Gasteiger partial charge is 0.255 e. The van der Waals surface area contributed by atoms with E-state index in [-0.39, 0.29) is 30.0 Å². The van der Waals surface area contributed by atoms with Crippen molar-refractivity contribution in [3.63, 3.8) is 0 Å². The van der Waals surface area contributed by atoms with Crippen LogP contribution >= 0.6 is 11.3 Å². The van der Waals surface area contributed by atoms with Gasteiger partial charge < -0.3 is 24.2 Å². The molecule has 10 rings (SSSR count). The van der Waals surface area contributed by atoms with Gasteiger partial charge in [-0.15, -0.1) is 11.3 Å². The minimum absolute atomic E-state index is 0.135. The Morgan fingerprint density at radius 1 is 0.726 bits per heavy atom. The summed E-state index contributed by atoms with van der Waals surface area (Å²) in [5, 5.41) is 3.36. The summed E-state index contributed by atoms with van der Waals surface area (Å²) in [5.41, 5.74) is 5.90. The summed E-state index contributed by atoms with van der Waals surface area (Å²) in [5.74, 6) is 1.86. The molecule has 0 spiro atoms. The van der Waals surface area contributed by atoms with E-state index in [4.69, 9.17) is 9.47 Å². The summed E-state index contributed by atoms with van der Waals surface area (Å²) in [6.45, 7) is 7.82. The molecule has 0 bridgehead atoms. The summed E-state index contributed by atoms with van der Waals surface area (Å²) < 4.78 is 27.8. The van der Waals surface area contributed by atoms with Crippen LogP contribution in [-0.2, 0) is 22.7 Å². The number of imide groups is 1. The fraction of sp³-hybridized carbons (Fsp3) is 0.300. The van der Waals surface area contributed by atoms with E-state index in [1.165, 1.54) is 17.8 Å². The molecule has 10 nitrogen and oxygen atoms in total. The van der Waals surface area contributed by atoms with Crippen molar-refractivity contribution >= 4 is 50.5 Å². The predicted octanol–water partition coefficient (Wildman–Crippen LogP) is 8.88. The van der Waals surface area contributed by atoms with Crippen molar-refractivity contribution in [1.82, 2.24) is 15.1 Å². The van der Waals surface area contributed by atoms with Crippen molar-refractivity contribution in [2.24, 2.45) is 5.92 Å². The third kappa shape index (κ3) is 8.36. The number of ether oxygens (including phenoxy) is 2. The van der Waals surface area contributed by atoms with Gasteiger partial charge in [0, 0.05) is 85.8 Å². The topological polar surface area (TPSA) is 94.7 Å². The molecule has 62 heavy (non-hydrogen) atoms. The SMILES string of the molecule is O=C1CCC(N2Cc3cc(N4CCN(CC5CCN(c6ccc(Oc7c(-c8ccc(F)cc8)sc8cc(OCc9ccccc9)ccc78)cc6)CC5)CC4)ccc3C2=O)C(=O)N1. The van der Waals surface area contributed by atoms with Crippen LogP contribution in [0.1, 0.15) is 47.2 Å². The van der Waals surface area contributed by atoms with Gasteiger partial charge in [-0.2, -0.15) is 0 Å². The summed E-state index contributed by atoms with van der Waals surface area (Å²) in [7, 11) is 0. The number of hydrogen-bond donors (Lipinski definition) is 1. The average Bonchev–Trinajstić information content (AvgIpc) is 3.82. The lowest BCUT2D eigenvalue weighted by molar-refractivity contribution is -0.136. The highest BCUT2D eigenvalue weighted by Gasteiger charge is 2.39. The molecule has 3 saturated heterocycles. The number of fused-ring (bicyclic) bond motifs is 2. The second-order valence-electron chi connectivity index (χ2n) is 16.8. The van der Waals surface area contributed by atoms with Gasteiger partial charge in [-0.25, -0.2) is 4.39 Å². The summed E-state index contributed by atoms with van der Waals surface area (Å²) in [6.07, 6.45) is 2.90. The fourth-order valence-electron chi connectivity index (χ4n) is 9.30. The zero-order valence-corrected chi connectivity index (χ0v) is 35.2. The highest BCUT2D eigenvalue weighted by Crippen LogP contribution is 2.47. The van der Waals surface area contributed by atoms with E-state index in [1.54, 1.807) is 28.4 Å². The van der Waals surface area contributed by atoms with E-state index < -0.39 is 6.04 Å². The maximum absolute atomic E-state index is 13.9. The first-order chi connectivity index (χ1) is 30.3. The number of anilines is 2. The molecule has 5 aromatic carbocycles. The maximum Gasteiger partial charge on any atom is 0.255 e. The molecule has 1 unspecified atom stereocenters. The minimum Gasteiger partial charge on any atom is -0.489 e. The molecule has 1 atom stereocenters. The van der Waals surface area contributed by atoms with Crippen molar-refractivity contribution < 1.29 is 28.2 Å². The van der Waals surface area contributed by atoms with E-state index in [2.05, 4.69) is 44.3 Å². The van der Waals surface area contributed by atoms with Crippen molar-refractivity contribution in [2.75, 3.05) is 55.6 Å². The molecule has 12 heteroatoms. The number of thiophene rings is 1. The van der Waals surface area contributed by atoms with Crippen LogP contribution in [0, 0.1) is 11.7 Å². The number of hydrogen-bond acceptors (Lipinski definition) is 9. The quantitative estimate of drug-likeness (QED) is 0.129. The number of piperidine rings is 2. The Morgan fingerprint density at radius 3 is 2.21 bits per heavy atom. The van der Waals surface area contributed by atoms with Crippen LogP contribution in [0.5, 0.6) is 17.2 Å². The Morgan fingerprint density at radius 2 is 1.45 bits per heavy atom. The highest BCUT2D eigenvalue weighted by molar-refractivity contribution is 7.22. The molecule has 0 aliphatic carbocycles. The first kappa shape index (κ1) is 39.9. The molecule has 3 fully saturated rings. The van der Waals surface area contributed by atoms with Crippen molar-refractivity contribution in [1.29, 1.82) is 0 Å². The van der Waals surface area contributed by atoms with E-state index in [1.807, 2.05) is 66.7 Å². The molecule has 0 saturated carbocycles. The molecule has 1 aromatic heterocycles. The lowest BCUT2D eigenvalue weighted by Crippen LogP contribution is -2.52. The van der Waals surface area contributed by atoms with Gasteiger partial charge in [0.05, 0.1) is 4.88 Å². The Labute approximate surface area is 364 Å². The number of nitrogens with one attached hydrogen (secondary N) is 1. The standard InChI is InChI=1S/C50H48FN5O5S/c51-37-8-6-35(7-9-37)48-47(43-17-15-41(29-45(43)62-48)60-32-34-4-2-1-3-5-34)61-40-13-10-38(11-14-40)54-22-20-33(21-23-54)30-53-24-26-55(27-25-53)39-12-16-42-36(28-39)31-56(50(42)59)44-18-19-46(57)52-49(44)58/h1-17,28-29,33,44H,18-27,30-32H2,(H,52,57,58). The Balaban J connectivity index is 0.728. The summed E-state index contributed by atoms with van der Waals surface area (Å²) in [6, 6.07) is 36.6. The summed E-state index contributed by atoms with van der Waals surface area (Å²) >= 11 is 1.61. The van der Waals surface area contributed by atoms with Gasteiger partial charge in [-0.3, -0.25) is 24.6 Å². The predicted molar refractivity (Wildman–Crippen MR) is 241 cm³/mol. The molecule has 6 aromatic rings. The number of nitrogens with zero attached hydrogens (tertiary/aromatic N) is 4. The zero-order chi connectivity index (χ0) is 42.2. The third-order valence-electron chi connectivity index (χ3n) is 12.8. The van der Waals surface area contributed by atoms with Gasteiger partial charge in [0.25, 0.3) is 5.91 Å². The van der Waals surface area contributed by atoms with Gasteiger partial charge in [-0.05, 0) is 115 Å².